The van der Waals surface area contributed by atoms with Gasteiger partial charge >= 0.3 is 0 Å². The number of hydrogen-bond donors (Lipinski definition) is 0. The van der Waals surface area contributed by atoms with Crippen LogP contribution in [0.4, 0.5) is 5.69 Å². The number of nitrogens with zero attached hydrogens (tertiary/aromatic N) is 5. The van der Waals surface area contributed by atoms with E-state index in [9.17, 15) is 22.8 Å². The zero-order valence-electron chi connectivity index (χ0n) is 34.5. The zero-order valence-corrected chi connectivity index (χ0v) is 35.4. The molecule has 0 bridgehead atoms. The van der Waals surface area contributed by atoms with Gasteiger partial charge in [0, 0.05) is 90.6 Å². The summed E-state index contributed by atoms with van der Waals surface area (Å²) in [6.45, 7) is 12.0. The van der Waals surface area contributed by atoms with Crippen LogP contribution in [0.25, 0.3) is 6.08 Å². The van der Waals surface area contributed by atoms with Crippen LogP contribution in [0.15, 0.2) is 114 Å². The van der Waals surface area contributed by atoms with E-state index in [0.717, 1.165) is 53.2 Å². The summed E-state index contributed by atoms with van der Waals surface area (Å²) in [5.74, 6) is 0.565. The Kier molecular flexibility index (Phi) is 15.0. The SMILES string of the molecule is CCCOc1ccc(C=CC(=O)N(Cc2ccc(N3CCN(C(C)=O)CC3)cc2)C(Cc2ccccc2)C(=O)N2CCN(Cc3ccc(S(=O)(=O)CC)cc3)CC2)cc1. The van der Waals surface area contributed by atoms with E-state index in [-0.39, 0.29) is 30.0 Å². The molecule has 2 fully saturated rings. The predicted octanol–water partition coefficient (Wildman–Crippen LogP) is 5.94. The fourth-order valence-electron chi connectivity index (χ4n) is 7.52. The van der Waals surface area contributed by atoms with Gasteiger partial charge in [-0.15, -0.1) is 0 Å². The molecule has 2 heterocycles. The molecule has 2 aliphatic heterocycles. The fourth-order valence-corrected chi connectivity index (χ4v) is 8.40. The molecular weight excluding hydrogens is 763 g/mol. The lowest BCUT2D eigenvalue weighted by molar-refractivity contribution is -0.145. The van der Waals surface area contributed by atoms with Gasteiger partial charge in [0.25, 0.3) is 0 Å². The number of rotatable bonds is 16. The van der Waals surface area contributed by atoms with Gasteiger partial charge in [-0.1, -0.05) is 80.6 Å². The quantitative estimate of drug-likeness (QED) is 0.128. The lowest BCUT2D eigenvalue weighted by Gasteiger charge is -2.39. The Bertz CT molecular complexity index is 2130. The second-order valence-corrected chi connectivity index (χ2v) is 17.5. The van der Waals surface area contributed by atoms with Crippen molar-refractivity contribution >= 4 is 39.3 Å². The van der Waals surface area contributed by atoms with Crippen LogP contribution in [-0.4, -0.2) is 116 Å². The number of amides is 3. The normalized spacial score (nSPS) is 15.6. The molecule has 59 heavy (non-hydrogen) atoms. The van der Waals surface area contributed by atoms with Gasteiger partial charge in [-0.3, -0.25) is 19.3 Å². The zero-order chi connectivity index (χ0) is 41.8. The molecule has 1 unspecified atom stereocenters. The maximum absolute atomic E-state index is 14.8. The average Bonchev–Trinajstić information content (AvgIpc) is 3.27. The summed E-state index contributed by atoms with van der Waals surface area (Å²) in [7, 11) is -3.27. The summed E-state index contributed by atoms with van der Waals surface area (Å²) in [5, 5.41) is 0. The van der Waals surface area contributed by atoms with Gasteiger partial charge in [-0.25, -0.2) is 8.42 Å². The van der Waals surface area contributed by atoms with Crippen LogP contribution in [0.2, 0.25) is 0 Å². The molecular formula is C47H57N5O6S. The Labute approximate surface area is 349 Å². The predicted molar refractivity (Wildman–Crippen MR) is 233 cm³/mol. The molecule has 11 nitrogen and oxygen atoms in total. The smallest absolute Gasteiger partial charge is 0.247 e. The van der Waals surface area contributed by atoms with Crippen molar-refractivity contribution in [3.63, 3.8) is 0 Å². The first-order valence-corrected chi connectivity index (χ1v) is 22.4. The lowest BCUT2D eigenvalue weighted by atomic mass is 10.0. The first kappa shape index (κ1) is 43.1. The minimum absolute atomic E-state index is 0.0594. The van der Waals surface area contributed by atoms with Crippen molar-refractivity contribution in [1.29, 1.82) is 0 Å². The number of ether oxygens (including phenoxy) is 1. The van der Waals surface area contributed by atoms with E-state index in [4.69, 9.17) is 4.74 Å². The second-order valence-electron chi connectivity index (χ2n) is 15.2. The second kappa shape index (κ2) is 20.5. The molecule has 312 valence electrons. The van der Waals surface area contributed by atoms with E-state index < -0.39 is 15.9 Å². The van der Waals surface area contributed by atoms with Crippen molar-refractivity contribution in [2.24, 2.45) is 0 Å². The highest BCUT2D eigenvalue weighted by molar-refractivity contribution is 7.91. The van der Waals surface area contributed by atoms with E-state index in [0.29, 0.717) is 63.7 Å². The Morgan fingerprint density at radius 2 is 1.36 bits per heavy atom. The molecule has 0 aliphatic carbocycles. The Morgan fingerprint density at radius 3 is 1.97 bits per heavy atom. The highest BCUT2D eigenvalue weighted by atomic mass is 32.2. The van der Waals surface area contributed by atoms with Crippen molar-refractivity contribution in [1.82, 2.24) is 19.6 Å². The van der Waals surface area contributed by atoms with Crippen LogP contribution in [0, 0.1) is 0 Å². The molecule has 12 heteroatoms. The largest absolute Gasteiger partial charge is 0.494 e. The fraction of sp³-hybridized carbons (Fsp3) is 0.383. The van der Waals surface area contributed by atoms with Gasteiger partial charge in [0.15, 0.2) is 9.84 Å². The van der Waals surface area contributed by atoms with Gasteiger partial charge in [0.2, 0.25) is 17.7 Å². The standard InChI is InChI=1S/C47H57N5O6S/c1-4-33-58-43-20-13-38(14-21-43)17-24-46(54)52(36-41-11-18-42(19-12-41)50-31-29-49(30-32-50)37(3)53)45(34-39-9-7-6-8-10-39)47(55)51-27-25-48(26-28-51)35-40-15-22-44(23-16-40)59(56,57)5-2/h6-24,45H,4-5,25-36H2,1-3H3. The molecule has 6 rings (SSSR count). The molecule has 0 spiro atoms. The first-order chi connectivity index (χ1) is 28.5. The molecule has 0 radical (unpaired) electrons. The average molecular weight is 820 g/mol. The van der Waals surface area contributed by atoms with Gasteiger partial charge < -0.3 is 24.3 Å². The van der Waals surface area contributed by atoms with E-state index in [1.54, 1.807) is 43.0 Å². The van der Waals surface area contributed by atoms with E-state index in [1.165, 1.54) is 0 Å². The van der Waals surface area contributed by atoms with Gasteiger partial charge in [0.05, 0.1) is 17.3 Å². The summed E-state index contributed by atoms with van der Waals surface area (Å²) in [6, 6.07) is 31.9. The van der Waals surface area contributed by atoms with Crippen LogP contribution in [0.5, 0.6) is 5.75 Å². The third kappa shape index (κ3) is 11.8. The molecule has 4 aromatic carbocycles. The van der Waals surface area contributed by atoms with Gasteiger partial charge in [-0.05, 0) is 71.1 Å². The van der Waals surface area contributed by atoms with Crippen molar-refractivity contribution in [3.05, 3.63) is 131 Å². The molecule has 2 saturated heterocycles. The monoisotopic (exact) mass is 819 g/mol. The molecule has 0 aromatic heterocycles. The van der Waals surface area contributed by atoms with Gasteiger partial charge in [-0.2, -0.15) is 0 Å². The Morgan fingerprint density at radius 1 is 0.729 bits per heavy atom. The van der Waals surface area contributed by atoms with E-state index >= 15 is 0 Å². The van der Waals surface area contributed by atoms with Crippen molar-refractivity contribution in [3.8, 4) is 5.75 Å². The van der Waals surface area contributed by atoms with Crippen molar-refractivity contribution in [2.45, 2.75) is 57.6 Å². The van der Waals surface area contributed by atoms with Crippen molar-refractivity contribution in [2.75, 3.05) is 69.6 Å². The van der Waals surface area contributed by atoms with Gasteiger partial charge in [0.1, 0.15) is 11.8 Å². The highest BCUT2D eigenvalue weighted by Gasteiger charge is 2.34. The third-order valence-corrected chi connectivity index (χ3v) is 12.9. The summed E-state index contributed by atoms with van der Waals surface area (Å²) < 4.78 is 30.4. The molecule has 4 aromatic rings. The number of carbonyl (C=O) groups is 3. The van der Waals surface area contributed by atoms with Crippen molar-refractivity contribution < 1.29 is 27.5 Å². The number of benzene rings is 4. The summed E-state index contributed by atoms with van der Waals surface area (Å²) in [5.41, 5.74) is 4.78. The van der Waals surface area contributed by atoms with Crippen LogP contribution in [-0.2, 0) is 43.7 Å². The van der Waals surface area contributed by atoms with Crippen LogP contribution in [0.1, 0.15) is 49.4 Å². The molecule has 0 saturated carbocycles. The van der Waals surface area contributed by atoms with E-state index in [1.807, 2.05) is 88.7 Å². The highest BCUT2D eigenvalue weighted by Crippen LogP contribution is 2.23. The number of sulfone groups is 1. The molecule has 3 amide bonds. The maximum atomic E-state index is 14.8. The number of hydrogen-bond acceptors (Lipinski definition) is 8. The summed E-state index contributed by atoms with van der Waals surface area (Å²) in [6.07, 6.45) is 4.62. The van der Waals surface area contributed by atoms with E-state index in [2.05, 4.69) is 28.9 Å². The number of carbonyl (C=O) groups excluding carboxylic acids is 3. The molecule has 2 aliphatic rings. The molecule has 1 atom stereocenters. The lowest BCUT2D eigenvalue weighted by Crippen LogP contribution is -2.56. The number of anilines is 1. The summed E-state index contributed by atoms with van der Waals surface area (Å²) in [4.78, 5) is 51.4. The topological polar surface area (TPSA) is 111 Å². The van der Waals surface area contributed by atoms with Crippen LogP contribution < -0.4 is 9.64 Å². The summed E-state index contributed by atoms with van der Waals surface area (Å²) >= 11 is 0. The first-order valence-electron chi connectivity index (χ1n) is 20.7. The minimum Gasteiger partial charge on any atom is -0.494 e. The maximum Gasteiger partial charge on any atom is 0.247 e. The number of piperazine rings is 2. The molecule has 0 N–H and O–H groups in total. The Hall–Kier alpha value is -5.46. The van der Waals surface area contributed by atoms with Crippen LogP contribution in [0.3, 0.4) is 0 Å². The van der Waals surface area contributed by atoms with Crippen LogP contribution >= 0.6 is 0 Å². The minimum atomic E-state index is -3.27. The third-order valence-electron chi connectivity index (χ3n) is 11.1. The Balaban J connectivity index is 1.22.